The Morgan fingerprint density at radius 2 is 1.41 bits per heavy atom. The van der Waals surface area contributed by atoms with Crippen LogP contribution in [0, 0.1) is 5.82 Å². The number of halogens is 2. The van der Waals surface area contributed by atoms with Crippen molar-refractivity contribution in [3.63, 3.8) is 0 Å². The highest BCUT2D eigenvalue weighted by Gasteiger charge is 2.13. The van der Waals surface area contributed by atoms with Gasteiger partial charge in [0.15, 0.2) is 34.6 Å². The van der Waals surface area contributed by atoms with Gasteiger partial charge in [-0.2, -0.15) is 0 Å². The molecule has 0 N–H and O–H groups in total. The van der Waals surface area contributed by atoms with Crippen molar-refractivity contribution >= 4 is 41.4 Å². The summed E-state index contributed by atoms with van der Waals surface area (Å²) in [6, 6.07) is 11.2. The van der Waals surface area contributed by atoms with Crippen LogP contribution in [0.5, 0.6) is 28.7 Å². The Kier molecular flexibility index (Phi) is 9.51. The van der Waals surface area contributed by atoms with Crippen molar-refractivity contribution in [3.8, 4) is 28.7 Å². The van der Waals surface area contributed by atoms with E-state index in [4.69, 9.17) is 35.3 Å². The van der Waals surface area contributed by atoms with Gasteiger partial charge in [0.2, 0.25) is 5.75 Å². The van der Waals surface area contributed by atoms with Gasteiger partial charge in [-0.15, -0.1) is 0 Å². The normalized spacial score (nSPS) is 11.1. The standard InChI is InChI=1S/C28H27ClFNO6/c1-33-24-9-8-19(16-21(24)30)23(32)10-11-31-22-13-17(12-20(29)27(22)36-4)6-7-18-14-25(34-2)28(37-5)26(15-18)35-3/h6-9,11-16H,10H2,1-5H3/b7-6-,31-11?. The Hall–Kier alpha value is -4.04. The van der Waals surface area contributed by atoms with Crippen LogP contribution >= 0.6 is 11.6 Å². The minimum atomic E-state index is -0.606. The molecule has 9 heteroatoms. The number of methoxy groups -OCH3 is 5. The van der Waals surface area contributed by atoms with Crippen molar-refractivity contribution in [2.45, 2.75) is 6.42 Å². The van der Waals surface area contributed by atoms with E-state index in [1.807, 2.05) is 24.3 Å². The average Bonchev–Trinajstić information content (AvgIpc) is 2.90. The molecule has 3 rings (SSSR count). The lowest BCUT2D eigenvalue weighted by Gasteiger charge is -2.13. The molecule has 0 aliphatic carbocycles. The van der Waals surface area contributed by atoms with Gasteiger partial charge in [0.1, 0.15) is 5.69 Å². The molecule has 0 unspecified atom stereocenters. The summed E-state index contributed by atoms with van der Waals surface area (Å²) in [4.78, 5) is 16.9. The van der Waals surface area contributed by atoms with Crippen LogP contribution in [0.25, 0.3) is 12.2 Å². The second-order valence-electron chi connectivity index (χ2n) is 7.64. The third-order valence-corrected chi connectivity index (χ3v) is 5.67. The van der Waals surface area contributed by atoms with Gasteiger partial charge in [-0.1, -0.05) is 23.8 Å². The molecule has 3 aromatic carbocycles. The number of Topliss-reactive ketones (excluding diaryl/α,β-unsaturated/α-hetero) is 1. The maximum absolute atomic E-state index is 13.9. The summed E-state index contributed by atoms with van der Waals surface area (Å²) in [5.74, 6) is 1.09. The molecule has 3 aromatic rings. The van der Waals surface area contributed by atoms with Crippen LogP contribution in [0.15, 0.2) is 47.5 Å². The van der Waals surface area contributed by atoms with Gasteiger partial charge in [0.05, 0.1) is 40.6 Å². The summed E-state index contributed by atoms with van der Waals surface area (Å²) >= 11 is 6.42. The first-order chi connectivity index (χ1) is 17.8. The second-order valence-corrected chi connectivity index (χ2v) is 8.04. The van der Waals surface area contributed by atoms with E-state index in [1.165, 1.54) is 32.6 Å². The predicted octanol–water partition coefficient (Wildman–Crippen LogP) is 6.67. The number of benzene rings is 3. The first kappa shape index (κ1) is 27.5. The number of hydrogen-bond acceptors (Lipinski definition) is 7. The molecular weight excluding hydrogens is 501 g/mol. The highest BCUT2D eigenvalue weighted by atomic mass is 35.5. The number of rotatable bonds is 11. The van der Waals surface area contributed by atoms with Gasteiger partial charge in [-0.3, -0.25) is 9.79 Å². The smallest absolute Gasteiger partial charge is 0.203 e. The van der Waals surface area contributed by atoms with E-state index in [9.17, 15) is 9.18 Å². The maximum Gasteiger partial charge on any atom is 0.203 e. The van der Waals surface area contributed by atoms with Crippen molar-refractivity contribution in [2.24, 2.45) is 4.99 Å². The van der Waals surface area contributed by atoms with Crippen LogP contribution in [0.1, 0.15) is 27.9 Å². The molecule has 0 aromatic heterocycles. The zero-order valence-electron chi connectivity index (χ0n) is 21.1. The zero-order chi connectivity index (χ0) is 26.9. The Labute approximate surface area is 220 Å². The molecule has 7 nitrogen and oxygen atoms in total. The first-order valence-electron chi connectivity index (χ1n) is 11.1. The lowest BCUT2D eigenvalue weighted by atomic mass is 10.1. The number of ether oxygens (including phenoxy) is 5. The summed E-state index contributed by atoms with van der Waals surface area (Å²) in [7, 11) is 7.48. The fraction of sp³-hybridized carbons (Fsp3) is 0.214. The zero-order valence-corrected chi connectivity index (χ0v) is 21.9. The molecule has 194 valence electrons. The first-order valence-corrected chi connectivity index (χ1v) is 11.5. The fourth-order valence-electron chi connectivity index (χ4n) is 3.57. The summed E-state index contributed by atoms with van der Waals surface area (Å²) in [6.07, 6.45) is 5.09. The Morgan fingerprint density at radius 3 is 1.95 bits per heavy atom. The number of nitrogens with zero attached hydrogens (tertiary/aromatic N) is 1. The van der Waals surface area contributed by atoms with Gasteiger partial charge in [0.25, 0.3) is 0 Å². The SMILES string of the molecule is COc1ccc(C(=O)CC=Nc2cc(/C=C\c3cc(OC)c(OC)c(OC)c3)cc(Cl)c2OC)cc1F. The molecular formula is C28H27ClFNO6. The van der Waals surface area contributed by atoms with E-state index in [-0.39, 0.29) is 23.5 Å². The Balaban J connectivity index is 1.84. The molecule has 0 saturated heterocycles. The molecule has 0 aliphatic heterocycles. The molecule has 0 atom stereocenters. The molecule has 0 spiro atoms. The van der Waals surface area contributed by atoms with E-state index in [0.29, 0.717) is 33.7 Å². The van der Waals surface area contributed by atoms with Crippen molar-refractivity contribution in [1.29, 1.82) is 0 Å². The molecule has 0 fully saturated rings. The minimum Gasteiger partial charge on any atom is -0.494 e. The van der Waals surface area contributed by atoms with Crippen molar-refractivity contribution in [3.05, 3.63) is 70.0 Å². The van der Waals surface area contributed by atoms with E-state index < -0.39 is 5.82 Å². The summed E-state index contributed by atoms with van der Waals surface area (Å²) in [6.45, 7) is 0. The van der Waals surface area contributed by atoms with E-state index in [0.717, 1.165) is 17.2 Å². The Bertz CT molecular complexity index is 1310. The van der Waals surface area contributed by atoms with Gasteiger partial charge in [0, 0.05) is 18.2 Å². The van der Waals surface area contributed by atoms with Gasteiger partial charge >= 0.3 is 0 Å². The Morgan fingerprint density at radius 1 is 0.811 bits per heavy atom. The van der Waals surface area contributed by atoms with Crippen molar-refractivity contribution < 1.29 is 32.9 Å². The molecule has 0 heterocycles. The molecule has 0 aliphatic rings. The summed E-state index contributed by atoms with van der Waals surface area (Å²) < 4.78 is 40.4. The highest BCUT2D eigenvalue weighted by molar-refractivity contribution is 6.32. The average molecular weight is 528 g/mol. The molecule has 37 heavy (non-hydrogen) atoms. The molecule has 0 saturated carbocycles. The van der Waals surface area contributed by atoms with E-state index >= 15 is 0 Å². The monoisotopic (exact) mass is 527 g/mol. The lowest BCUT2D eigenvalue weighted by molar-refractivity contribution is 0.100. The maximum atomic E-state index is 13.9. The van der Waals surface area contributed by atoms with Gasteiger partial charge < -0.3 is 23.7 Å². The topological polar surface area (TPSA) is 75.6 Å². The second kappa shape index (κ2) is 12.8. The van der Waals surface area contributed by atoms with Crippen LogP contribution < -0.4 is 23.7 Å². The van der Waals surface area contributed by atoms with Crippen LogP contribution in [-0.2, 0) is 0 Å². The number of hydrogen-bond donors (Lipinski definition) is 0. The molecule has 0 radical (unpaired) electrons. The van der Waals surface area contributed by atoms with Gasteiger partial charge in [-0.25, -0.2) is 4.39 Å². The largest absolute Gasteiger partial charge is 0.494 e. The quantitative estimate of drug-likeness (QED) is 0.157. The van der Waals surface area contributed by atoms with Crippen LogP contribution in [0.4, 0.5) is 10.1 Å². The number of carbonyl (C=O) groups excluding carboxylic acids is 1. The summed E-state index contributed by atoms with van der Waals surface area (Å²) in [5, 5.41) is 0.352. The van der Waals surface area contributed by atoms with Crippen molar-refractivity contribution in [2.75, 3.05) is 35.5 Å². The van der Waals surface area contributed by atoms with E-state index in [2.05, 4.69) is 4.99 Å². The summed E-state index contributed by atoms with van der Waals surface area (Å²) in [5.41, 5.74) is 2.21. The van der Waals surface area contributed by atoms with Crippen molar-refractivity contribution in [1.82, 2.24) is 0 Å². The van der Waals surface area contributed by atoms with Crippen LogP contribution in [-0.4, -0.2) is 47.5 Å². The fourth-order valence-corrected chi connectivity index (χ4v) is 3.87. The van der Waals surface area contributed by atoms with E-state index in [1.54, 1.807) is 33.5 Å². The molecule has 0 amide bonds. The van der Waals surface area contributed by atoms with Crippen LogP contribution in [0.3, 0.4) is 0 Å². The predicted molar refractivity (Wildman–Crippen MR) is 143 cm³/mol. The number of ketones is 1. The minimum absolute atomic E-state index is 0.0436. The molecule has 0 bridgehead atoms. The number of carbonyl (C=O) groups is 1. The third-order valence-electron chi connectivity index (χ3n) is 5.39. The third kappa shape index (κ3) is 6.59. The number of aliphatic imine (C=N–C) groups is 1. The highest BCUT2D eigenvalue weighted by Crippen LogP contribution is 2.39. The van der Waals surface area contributed by atoms with Crippen LogP contribution in [0.2, 0.25) is 5.02 Å². The lowest BCUT2D eigenvalue weighted by Crippen LogP contribution is -2.01. The van der Waals surface area contributed by atoms with Gasteiger partial charge in [-0.05, 0) is 53.6 Å².